The standard InChI is InChI=1S/C16H11BrCl2N2O2/c17-10-1-3-12(4-2-10)22-5-6-23-16-13-7-11(18)8-14(19)15(13)20-9-21-16/h1-4,7-9H,5-6H2. The van der Waals surface area contributed by atoms with Crippen molar-refractivity contribution in [2.24, 2.45) is 0 Å². The van der Waals surface area contributed by atoms with E-state index in [9.17, 15) is 0 Å². The fourth-order valence-corrected chi connectivity index (χ4v) is 2.82. The van der Waals surface area contributed by atoms with E-state index in [2.05, 4.69) is 25.9 Å². The minimum atomic E-state index is 0.340. The van der Waals surface area contributed by atoms with Crippen LogP contribution in [-0.4, -0.2) is 23.2 Å². The maximum absolute atomic E-state index is 6.13. The minimum Gasteiger partial charge on any atom is -0.490 e. The molecule has 0 aliphatic rings. The quantitative estimate of drug-likeness (QED) is 0.542. The van der Waals surface area contributed by atoms with Crippen LogP contribution in [0.2, 0.25) is 10.0 Å². The zero-order valence-corrected chi connectivity index (χ0v) is 14.9. The van der Waals surface area contributed by atoms with Gasteiger partial charge < -0.3 is 9.47 Å². The Balaban J connectivity index is 1.66. The van der Waals surface area contributed by atoms with Crippen molar-refractivity contribution in [1.29, 1.82) is 0 Å². The highest BCUT2D eigenvalue weighted by molar-refractivity contribution is 9.10. The molecule has 0 saturated heterocycles. The van der Waals surface area contributed by atoms with Gasteiger partial charge in [-0.2, -0.15) is 0 Å². The summed E-state index contributed by atoms with van der Waals surface area (Å²) >= 11 is 15.5. The van der Waals surface area contributed by atoms with Gasteiger partial charge in [-0.15, -0.1) is 0 Å². The second-order valence-electron chi connectivity index (χ2n) is 4.61. The average Bonchev–Trinajstić information content (AvgIpc) is 2.53. The van der Waals surface area contributed by atoms with Gasteiger partial charge in [-0.25, -0.2) is 9.97 Å². The molecule has 0 bridgehead atoms. The molecule has 7 heteroatoms. The topological polar surface area (TPSA) is 44.2 Å². The van der Waals surface area contributed by atoms with E-state index in [0.717, 1.165) is 10.2 Å². The number of ether oxygens (including phenoxy) is 2. The van der Waals surface area contributed by atoms with Crippen LogP contribution in [-0.2, 0) is 0 Å². The number of benzene rings is 2. The van der Waals surface area contributed by atoms with Crippen molar-refractivity contribution in [3.63, 3.8) is 0 Å². The third kappa shape index (κ3) is 4.05. The maximum Gasteiger partial charge on any atom is 0.224 e. The van der Waals surface area contributed by atoms with Gasteiger partial charge in [0.05, 0.1) is 15.9 Å². The first kappa shape index (κ1) is 16.3. The Morgan fingerprint density at radius 3 is 2.48 bits per heavy atom. The molecule has 0 radical (unpaired) electrons. The Morgan fingerprint density at radius 2 is 1.70 bits per heavy atom. The van der Waals surface area contributed by atoms with E-state index in [1.54, 1.807) is 12.1 Å². The fourth-order valence-electron chi connectivity index (χ4n) is 2.01. The summed E-state index contributed by atoms with van der Waals surface area (Å²) in [6, 6.07) is 11.0. The van der Waals surface area contributed by atoms with E-state index < -0.39 is 0 Å². The fraction of sp³-hybridized carbons (Fsp3) is 0.125. The zero-order valence-electron chi connectivity index (χ0n) is 11.8. The number of nitrogens with zero attached hydrogens (tertiary/aromatic N) is 2. The van der Waals surface area contributed by atoms with Crippen LogP contribution in [0.1, 0.15) is 0 Å². The summed E-state index contributed by atoms with van der Waals surface area (Å²) in [6.45, 7) is 0.730. The van der Waals surface area contributed by atoms with Gasteiger partial charge in [-0.05, 0) is 36.4 Å². The van der Waals surface area contributed by atoms with Gasteiger partial charge in [0.15, 0.2) is 0 Å². The van der Waals surface area contributed by atoms with Gasteiger partial charge >= 0.3 is 0 Å². The van der Waals surface area contributed by atoms with Crippen molar-refractivity contribution >= 4 is 50.0 Å². The predicted octanol–water partition coefficient (Wildman–Crippen LogP) is 5.16. The van der Waals surface area contributed by atoms with E-state index in [4.69, 9.17) is 32.7 Å². The number of hydrogen-bond acceptors (Lipinski definition) is 4. The SMILES string of the molecule is Clc1cc(Cl)c2ncnc(OCCOc3ccc(Br)cc3)c2c1. The van der Waals surface area contributed by atoms with Gasteiger partial charge in [0.2, 0.25) is 5.88 Å². The molecule has 0 saturated carbocycles. The van der Waals surface area contributed by atoms with Crippen molar-refractivity contribution in [2.45, 2.75) is 0 Å². The maximum atomic E-state index is 6.13. The number of fused-ring (bicyclic) bond motifs is 1. The van der Waals surface area contributed by atoms with Gasteiger partial charge in [0.1, 0.15) is 25.3 Å². The smallest absolute Gasteiger partial charge is 0.224 e. The molecule has 3 rings (SSSR count). The van der Waals surface area contributed by atoms with Crippen molar-refractivity contribution in [3.05, 3.63) is 57.2 Å². The molecule has 3 aromatic rings. The molecule has 0 amide bonds. The largest absolute Gasteiger partial charge is 0.490 e. The van der Waals surface area contributed by atoms with E-state index in [1.165, 1.54) is 6.33 Å². The Kier molecular flexibility index (Phi) is 5.20. The first-order valence-corrected chi connectivity index (χ1v) is 8.29. The number of rotatable bonds is 5. The molecule has 0 fully saturated rings. The highest BCUT2D eigenvalue weighted by atomic mass is 79.9. The number of halogens is 3. The van der Waals surface area contributed by atoms with Crippen molar-refractivity contribution in [3.8, 4) is 11.6 Å². The van der Waals surface area contributed by atoms with E-state index >= 15 is 0 Å². The van der Waals surface area contributed by atoms with Crippen molar-refractivity contribution in [1.82, 2.24) is 9.97 Å². The van der Waals surface area contributed by atoms with Gasteiger partial charge in [0, 0.05) is 9.50 Å². The van der Waals surface area contributed by atoms with Crippen LogP contribution in [0.4, 0.5) is 0 Å². The Hall–Kier alpha value is -1.56. The highest BCUT2D eigenvalue weighted by Gasteiger charge is 2.09. The summed E-state index contributed by atoms with van der Waals surface area (Å²) in [6.07, 6.45) is 1.41. The second kappa shape index (κ2) is 7.34. The van der Waals surface area contributed by atoms with Crippen LogP contribution < -0.4 is 9.47 Å². The summed E-state index contributed by atoms with van der Waals surface area (Å²) in [4.78, 5) is 8.28. The lowest BCUT2D eigenvalue weighted by molar-refractivity contribution is 0.213. The molecule has 118 valence electrons. The average molecular weight is 414 g/mol. The molecule has 0 spiro atoms. The molecular weight excluding hydrogens is 403 g/mol. The molecule has 0 atom stereocenters. The lowest BCUT2D eigenvalue weighted by atomic mass is 10.2. The van der Waals surface area contributed by atoms with Crippen LogP contribution in [0.25, 0.3) is 10.9 Å². The number of hydrogen-bond donors (Lipinski definition) is 0. The van der Waals surface area contributed by atoms with Crippen LogP contribution in [0.3, 0.4) is 0 Å². The van der Waals surface area contributed by atoms with Crippen LogP contribution >= 0.6 is 39.1 Å². The molecule has 23 heavy (non-hydrogen) atoms. The first-order valence-electron chi connectivity index (χ1n) is 6.74. The van der Waals surface area contributed by atoms with Gasteiger partial charge in [-0.3, -0.25) is 0 Å². The highest BCUT2D eigenvalue weighted by Crippen LogP contribution is 2.30. The van der Waals surface area contributed by atoms with E-state index in [0.29, 0.717) is 40.0 Å². The van der Waals surface area contributed by atoms with Gasteiger partial charge in [0.25, 0.3) is 0 Å². The molecule has 0 aliphatic carbocycles. The summed E-state index contributed by atoms with van der Waals surface area (Å²) < 4.78 is 12.3. The summed E-state index contributed by atoms with van der Waals surface area (Å²) in [5.74, 6) is 1.20. The Labute approximate surface area is 151 Å². The van der Waals surface area contributed by atoms with Crippen molar-refractivity contribution < 1.29 is 9.47 Å². The monoisotopic (exact) mass is 412 g/mol. The van der Waals surface area contributed by atoms with Crippen LogP contribution in [0, 0.1) is 0 Å². The van der Waals surface area contributed by atoms with E-state index in [-0.39, 0.29) is 0 Å². The Bertz CT molecular complexity index is 828. The normalized spacial score (nSPS) is 10.7. The minimum absolute atomic E-state index is 0.340. The lowest BCUT2D eigenvalue weighted by Crippen LogP contribution is -2.10. The second-order valence-corrected chi connectivity index (χ2v) is 6.37. The summed E-state index contributed by atoms with van der Waals surface area (Å²) in [7, 11) is 0. The zero-order chi connectivity index (χ0) is 16.2. The predicted molar refractivity (Wildman–Crippen MR) is 94.7 cm³/mol. The van der Waals surface area contributed by atoms with Crippen molar-refractivity contribution in [2.75, 3.05) is 13.2 Å². The molecular formula is C16H11BrCl2N2O2. The molecule has 1 heterocycles. The van der Waals surface area contributed by atoms with Crippen LogP contribution in [0.5, 0.6) is 11.6 Å². The lowest BCUT2D eigenvalue weighted by Gasteiger charge is -2.10. The molecule has 0 unspecified atom stereocenters. The van der Waals surface area contributed by atoms with Gasteiger partial charge in [-0.1, -0.05) is 39.1 Å². The molecule has 1 aromatic heterocycles. The molecule has 2 aromatic carbocycles. The summed E-state index contributed by atoms with van der Waals surface area (Å²) in [5.41, 5.74) is 0.606. The molecule has 0 N–H and O–H groups in total. The first-order chi connectivity index (χ1) is 11.1. The Morgan fingerprint density at radius 1 is 0.957 bits per heavy atom. The molecule has 4 nitrogen and oxygen atoms in total. The molecule has 0 aliphatic heterocycles. The van der Waals surface area contributed by atoms with Crippen LogP contribution in [0.15, 0.2) is 47.2 Å². The third-order valence-electron chi connectivity index (χ3n) is 3.02. The van der Waals surface area contributed by atoms with E-state index in [1.807, 2.05) is 24.3 Å². The summed E-state index contributed by atoms with van der Waals surface area (Å²) in [5, 5.41) is 1.65. The third-order valence-corrected chi connectivity index (χ3v) is 4.06. The number of aromatic nitrogens is 2.